The molecule has 1 aromatic heterocycles. The van der Waals surface area contributed by atoms with Gasteiger partial charge in [-0.2, -0.15) is 4.31 Å². The zero-order valence-electron chi connectivity index (χ0n) is 16.7. The van der Waals surface area contributed by atoms with Crippen LogP contribution in [0.25, 0.3) is 0 Å². The van der Waals surface area contributed by atoms with Gasteiger partial charge in [-0.1, -0.05) is 23.7 Å². The molecule has 1 atom stereocenters. The Morgan fingerprint density at radius 2 is 2.00 bits per heavy atom. The van der Waals surface area contributed by atoms with Crippen molar-refractivity contribution in [2.75, 3.05) is 39.0 Å². The second-order valence-electron chi connectivity index (χ2n) is 7.73. The van der Waals surface area contributed by atoms with Crippen LogP contribution in [0.5, 0.6) is 0 Å². The Morgan fingerprint density at radius 3 is 2.72 bits per heavy atom. The number of rotatable bonds is 4. The van der Waals surface area contributed by atoms with Crippen LogP contribution in [-0.4, -0.2) is 61.3 Å². The maximum atomic E-state index is 13.2. The summed E-state index contributed by atoms with van der Waals surface area (Å²) in [5.41, 5.74) is 1.79. The minimum absolute atomic E-state index is 0.141. The van der Waals surface area contributed by atoms with E-state index in [0.29, 0.717) is 13.0 Å². The van der Waals surface area contributed by atoms with Gasteiger partial charge in [-0.15, -0.1) is 0 Å². The molecular weight excluding hydrogens is 410 g/mol. The Hall–Kier alpha value is -1.74. The molecule has 2 aliphatic rings. The number of benzene rings is 1. The molecule has 156 valence electrons. The Balaban J connectivity index is 1.68. The van der Waals surface area contributed by atoms with Crippen LogP contribution in [0.1, 0.15) is 35.8 Å². The topological polar surface area (TPSA) is 78.4 Å². The number of likely N-dealkylation sites (tertiary alicyclic amines) is 1. The van der Waals surface area contributed by atoms with Crippen molar-refractivity contribution in [3.05, 3.63) is 46.4 Å². The fourth-order valence-corrected chi connectivity index (χ4v) is 6.09. The highest BCUT2D eigenvalue weighted by molar-refractivity contribution is 7.89. The van der Waals surface area contributed by atoms with Crippen molar-refractivity contribution < 1.29 is 8.42 Å². The van der Waals surface area contributed by atoms with Gasteiger partial charge in [0.2, 0.25) is 10.0 Å². The van der Waals surface area contributed by atoms with Crippen LogP contribution in [-0.2, 0) is 23.0 Å². The molecule has 2 aromatic rings. The van der Waals surface area contributed by atoms with Crippen molar-refractivity contribution in [2.45, 2.75) is 36.6 Å². The average Bonchev–Trinajstić information content (AvgIpc) is 2.72. The van der Waals surface area contributed by atoms with Gasteiger partial charge in [-0.3, -0.25) is 0 Å². The van der Waals surface area contributed by atoms with E-state index in [2.05, 4.69) is 17.3 Å². The molecule has 1 unspecified atom stereocenters. The summed E-state index contributed by atoms with van der Waals surface area (Å²) in [5, 5.41) is 3.43. The van der Waals surface area contributed by atoms with Gasteiger partial charge in [0.25, 0.3) is 0 Å². The summed E-state index contributed by atoms with van der Waals surface area (Å²) in [6, 6.07) is 6.57. The highest BCUT2D eigenvalue weighted by Gasteiger charge is 2.33. The van der Waals surface area contributed by atoms with Crippen LogP contribution in [0.15, 0.2) is 29.2 Å². The molecule has 3 heterocycles. The average molecular weight is 436 g/mol. The van der Waals surface area contributed by atoms with Crippen LogP contribution >= 0.6 is 11.6 Å². The Labute approximate surface area is 177 Å². The lowest BCUT2D eigenvalue weighted by Gasteiger charge is -2.32. The maximum absolute atomic E-state index is 13.2. The molecule has 0 aliphatic carbocycles. The van der Waals surface area contributed by atoms with Crippen molar-refractivity contribution >= 4 is 27.4 Å². The molecule has 4 rings (SSSR count). The molecular formula is C20H26ClN5O2S. The summed E-state index contributed by atoms with van der Waals surface area (Å²) < 4.78 is 27.8. The van der Waals surface area contributed by atoms with Crippen LogP contribution < -0.4 is 5.32 Å². The third-order valence-corrected chi connectivity index (χ3v) is 8.07. The molecule has 1 aromatic carbocycles. The minimum atomic E-state index is -3.69. The molecule has 7 nitrogen and oxygen atoms in total. The summed E-state index contributed by atoms with van der Waals surface area (Å²) in [6.07, 6.45) is 2.73. The quantitative estimate of drug-likeness (QED) is 0.795. The monoisotopic (exact) mass is 435 g/mol. The first-order chi connectivity index (χ1) is 13.9. The first kappa shape index (κ1) is 20.5. The van der Waals surface area contributed by atoms with Gasteiger partial charge < -0.3 is 10.2 Å². The van der Waals surface area contributed by atoms with E-state index in [9.17, 15) is 8.42 Å². The van der Waals surface area contributed by atoms with E-state index in [-0.39, 0.29) is 22.4 Å². The summed E-state index contributed by atoms with van der Waals surface area (Å²) in [4.78, 5) is 12.1. The van der Waals surface area contributed by atoms with Gasteiger partial charge >= 0.3 is 0 Å². The number of sulfonamides is 1. The van der Waals surface area contributed by atoms with Gasteiger partial charge in [0.15, 0.2) is 0 Å². The summed E-state index contributed by atoms with van der Waals surface area (Å²) in [6.45, 7) is 2.62. The van der Waals surface area contributed by atoms with Crippen molar-refractivity contribution in [1.29, 1.82) is 0 Å². The molecule has 0 bridgehead atoms. The molecule has 29 heavy (non-hydrogen) atoms. The van der Waals surface area contributed by atoms with E-state index in [0.717, 1.165) is 48.8 Å². The first-order valence-electron chi connectivity index (χ1n) is 9.91. The van der Waals surface area contributed by atoms with E-state index in [4.69, 9.17) is 21.6 Å². The molecule has 2 aliphatic heterocycles. The molecule has 1 N–H and O–H groups in total. The first-order valence-corrected chi connectivity index (χ1v) is 11.7. The number of piperidine rings is 1. The van der Waals surface area contributed by atoms with E-state index in [1.807, 2.05) is 7.05 Å². The number of halogens is 1. The number of likely N-dealkylation sites (N-methyl/N-ethyl adjacent to an activating group) is 1. The number of nitrogens with one attached hydrogen (secondary N) is 1. The van der Waals surface area contributed by atoms with Crippen molar-refractivity contribution in [1.82, 2.24) is 19.2 Å². The van der Waals surface area contributed by atoms with Gasteiger partial charge in [0, 0.05) is 31.6 Å². The van der Waals surface area contributed by atoms with Gasteiger partial charge in [0.05, 0.1) is 17.3 Å². The number of aromatic nitrogens is 2. The standard InChI is InChI=1S/C20H26ClN5O2S/c1-22-20-15-9-11-26(29(27,28)18-8-4-3-7-16(18)21)13-17(15)23-19(24-20)14-6-5-10-25(2)12-14/h3-4,7-8,14H,5-6,9-13H2,1-2H3,(H,22,23,24). The van der Waals surface area contributed by atoms with E-state index >= 15 is 0 Å². The fourth-order valence-electron chi connectivity index (χ4n) is 4.19. The zero-order valence-corrected chi connectivity index (χ0v) is 18.3. The second kappa shape index (κ2) is 8.18. The third kappa shape index (κ3) is 3.99. The SMILES string of the molecule is CNc1nc(C2CCCN(C)C2)nc2c1CCN(S(=O)(=O)c1ccccc1Cl)C2. The lowest BCUT2D eigenvalue weighted by atomic mass is 9.96. The molecule has 0 amide bonds. The predicted octanol–water partition coefficient (Wildman–Crippen LogP) is 2.73. The molecule has 0 saturated carbocycles. The number of hydrogen-bond acceptors (Lipinski definition) is 6. The predicted molar refractivity (Wildman–Crippen MR) is 114 cm³/mol. The van der Waals surface area contributed by atoms with Crippen molar-refractivity contribution in [2.24, 2.45) is 0 Å². The summed E-state index contributed by atoms with van der Waals surface area (Å²) in [5.74, 6) is 1.88. The Bertz CT molecular complexity index is 1010. The van der Waals surface area contributed by atoms with Gasteiger partial charge in [-0.25, -0.2) is 18.4 Å². The van der Waals surface area contributed by atoms with E-state index < -0.39 is 10.0 Å². The Morgan fingerprint density at radius 1 is 1.21 bits per heavy atom. The molecule has 1 saturated heterocycles. The Kier molecular flexibility index (Phi) is 5.79. The fraction of sp³-hybridized carbons (Fsp3) is 0.500. The highest BCUT2D eigenvalue weighted by atomic mass is 35.5. The lowest BCUT2D eigenvalue weighted by molar-refractivity contribution is 0.245. The minimum Gasteiger partial charge on any atom is -0.373 e. The molecule has 1 fully saturated rings. The maximum Gasteiger partial charge on any atom is 0.244 e. The largest absolute Gasteiger partial charge is 0.373 e. The lowest BCUT2D eigenvalue weighted by Crippen LogP contribution is -2.38. The smallest absolute Gasteiger partial charge is 0.244 e. The highest BCUT2D eigenvalue weighted by Crippen LogP contribution is 2.32. The van der Waals surface area contributed by atoms with Crippen LogP contribution in [0.2, 0.25) is 5.02 Å². The molecule has 0 spiro atoms. The summed E-state index contributed by atoms with van der Waals surface area (Å²) in [7, 11) is 0.277. The summed E-state index contributed by atoms with van der Waals surface area (Å²) >= 11 is 6.17. The number of anilines is 1. The number of hydrogen-bond donors (Lipinski definition) is 1. The van der Waals surface area contributed by atoms with Gasteiger partial charge in [-0.05, 0) is 45.0 Å². The van der Waals surface area contributed by atoms with Crippen LogP contribution in [0.3, 0.4) is 0 Å². The van der Waals surface area contributed by atoms with E-state index in [1.54, 1.807) is 24.3 Å². The number of fused-ring (bicyclic) bond motifs is 1. The zero-order chi connectivity index (χ0) is 20.6. The van der Waals surface area contributed by atoms with Crippen molar-refractivity contribution in [3.8, 4) is 0 Å². The van der Waals surface area contributed by atoms with Crippen LogP contribution in [0.4, 0.5) is 5.82 Å². The van der Waals surface area contributed by atoms with Crippen LogP contribution in [0, 0.1) is 0 Å². The molecule has 0 radical (unpaired) electrons. The second-order valence-corrected chi connectivity index (χ2v) is 10.0. The van der Waals surface area contributed by atoms with Gasteiger partial charge in [0.1, 0.15) is 16.5 Å². The van der Waals surface area contributed by atoms with Crippen molar-refractivity contribution in [3.63, 3.8) is 0 Å². The molecule has 9 heteroatoms. The number of nitrogens with zero attached hydrogens (tertiary/aromatic N) is 4. The normalized spacial score (nSPS) is 21.0. The van der Waals surface area contributed by atoms with E-state index in [1.165, 1.54) is 4.31 Å². The third-order valence-electron chi connectivity index (χ3n) is 5.73.